The SMILES string of the molecule is OCC(c1ccc(C=C2CCN(C3CCC3)CC2)cc1)C1CCOC1. The van der Waals surface area contributed by atoms with Gasteiger partial charge in [-0.3, -0.25) is 4.90 Å². The van der Waals surface area contributed by atoms with Crippen LogP contribution < -0.4 is 0 Å². The van der Waals surface area contributed by atoms with E-state index in [1.54, 1.807) is 5.57 Å². The van der Waals surface area contributed by atoms with Gasteiger partial charge in [-0.2, -0.15) is 0 Å². The molecule has 0 amide bonds. The largest absolute Gasteiger partial charge is 0.396 e. The molecule has 0 radical (unpaired) electrons. The van der Waals surface area contributed by atoms with Gasteiger partial charge in [-0.1, -0.05) is 42.3 Å². The molecule has 3 nitrogen and oxygen atoms in total. The standard InChI is InChI=1S/C22H31NO2/c24-15-22(20-10-13-25-16-20)19-6-4-17(5-7-19)14-18-8-11-23(12-9-18)21-2-1-3-21/h4-7,14,20-22,24H,1-3,8-13,15-16H2. The van der Waals surface area contributed by atoms with E-state index in [1.807, 2.05) is 0 Å². The molecule has 2 saturated heterocycles. The van der Waals surface area contributed by atoms with Crippen molar-refractivity contribution in [3.63, 3.8) is 0 Å². The van der Waals surface area contributed by atoms with Crippen LogP contribution in [0.1, 0.15) is 55.6 Å². The summed E-state index contributed by atoms with van der Waals surface area (Å²) in [6.45, 7) is 4.31. The quantitative estimate of drug-likeness (QED) is 0.883. The molecule has 3 aliphatic rings. The maximum atomic E-state index is 9.79. The molecule has 1 aliphatic carbocycles. The summed E-state index contributed by atoms with van der Waals surface area (Å²) in [5.41, 5.74) is 4.14. The third-order valence-electron chi connectivity index (χ3n) is 6.50. The topological polar surface area (TPSA) is 32.7 Å². The second kappa shape index (κ2) is 8.03. The molecule has 1 aromatic rings. The van der Waals surface area contributed by atoms with Crippen LogP contribution in [0.15, 0.2) is 29.8 Å². The van der Waals surface area contributed by atoms with Crippen molar-refractivity contribution in [2.75, 3.05) is 32.9 Å². The number of hydrogen-bond donors (Lipinski definition) is 1. The molecule has 0 bridgehead atoms. The summed E-state index contributed by atoms with van der Waals surface area (Å²) in [6.07, 6.45) is 10.1. The van der Waals surface area contributed by atoms with Gasteiger partial charge in [0.15, 0.2) is 0 Å². The molecule has 2 unspecified atom stereocenters. The predicted octanol–water partition coefficient (Wildman–Crippen LogP) is 3.83. The van der Waals surface area contributed by atoms with Gasteiger partial charge in [0.1, 0.15) is 0 Å². The summed E-state index contributed by atoms with van der Waals surface area (Å²) in [7, 11) is 0. The van der Waals surface area contributed by atoms with Crippen molar-refractivity contribution in [3.05, 3.63) is 41.0 Å². The fraction of sp³-hybridized carbons (Fsp3) is 0.636. The smallest absolute Gasteiger partial charge is 0.0503 e. The molecule has 2 heterocycles. The van der Waals surface area contributed by atoms with Crippen LogP contribution in [0.25, 0.3) is 6.08 Å². The number of aliphatic hydroxyl groups excluding tert-OH is 1. The number of piperidine rings is 1. The number of nitrogens with zero attached hydrogens (tertiary/aromatic N) is 1. The Morgan fingerprint density at radius 3 is 2.44 bits per heavy atom. The lowest BCUT2D eigenvalue weighted by atomic mass is 9.85. The summed E-state index contributed by atoms with van der Waals surface area (Å²) in [6, 6.07) is 9.73. The normalized spacial score (nSPS) is 26.4. The van der Waals surface area contributed by atoms with E-state index in [2.05, 4.69) is 35.2 Å². The fourth-order valence-electron chi connectivity index (χ4n) is 4.54. The van der Waals surface area contributed by atoms with E-state index >= 15 is 0 Å². The minimum Gasteiger partial charge on any atom is -0.396 e. The molecule has 0 aromatic heterocycles. The zero-order chi connectivity index (χ0) is 17.1. The summed E-state index contributed by atoms with van der Waals surface area (Å²) in [4.78, 5) is 2.69. The van der Waals surface area contributed by atoms with Crippen molar-refractivity contribution in [2.45, 2.75) is 50.5 Å². The van der Waals surface area contributed by atoms with E-state index in [0.29, 0.717) is 5.92 Å². The number of hydrogen-bond acceptors (Lipinski definition) is 3. The minimum atomic E-state index is 0.214. The average Bonchev–Trinajstić information content (AvgIpc) is 3.12. The van der Waals surface area contributed by atoms with E-state index in [4.69, 9.17) is 4.74 Å². The van der Waals surface area contributed by atoms with Gasteiger partial charge in [0.2, 0.25) is 0 Å². The molecular weight excluding hydrogens is 310 g/mol. The van der Waals surface area contributed by atoms with Crippen molar-refractivity contribution >= 4 is 6.08 Å². The third kappa shape index (κ3) is 3.99. The number of aliphatic hydroxyl groups is 1. The number of ether oxygens (including phenoxy) is 1. The van der Waals surface area contributed by atoms with Crippen LogP contribution in [0, 0.1) is 5.92 Å². The number of likely N-dealkylation sites (tertiary alicyclic amines) is 1. The lowest BCUT2D eigenvalue weighted by Gasteiger charge is -2.40. The first-order valence-electron chi connectivity index (χ1n) is 10.1. The minimum absolute atomic E-state index is 0.214. The van der Waals surface area contributed by atoms with Crippen LogP contribution in [0.2, 0.25) is 0 Å². The Morgan fingerprint density at radius 1 is 1.12 bits per heavy atom. The number of rotatable bonds is 5. The lowest BCUT2D eigenvalue weighted by Crippen LogP contribution is -2.43. The molecule has 2 atom stereocenters. The van der Waals surface area contributed by atoms with Crippen LogP contribution in [0.4, 0.5) is 0 Å². The van der Waals surface area contributed by atoms with Crippen LogP contribution >= 0.6 is 0 Å². The van der Waals surface area contributed by atoms with Crippen molar-refractivity contribution in [1.29, 1.82) is 0 Å². The van der Waals surface area contributed by atoms with Gasteiger partial charge < -0.3 is 9.84 Å². The van der Waals surface area contributed by atoms with Crippen LogP contribution in [-0.2, 0) is 4.74 Å². The van der Waals surface area contributed by atoms with E-state index < -0.39 is 0 Å². The van der Waals surface area contributed by atoms with Gasteiger partial charge in [0, 0.05) is 31.7 Å². The molecule has 25 heavy (non-hydrogen) atoms. The average molecular weight is 341 g/mol. The van der Waals surface area contributed by atoms with Crippen LogP contribution in [0.3, 0.4) is 0 Å². The Hall–Kier alpha value is -1.16. The van der Waals surface area contributed by atoms with E-state index in [9.17, 15) is 5.11 Å². The Kier molecular flexibility index (Phi) is 5.54. The molecule has 3 fully saturated rings. The molecule has 1 saturated carbocycles. The molecule has 1 N–H and O–H groups in total. The molecular formula is C22H31NO2. The Labute approximate surface area is 151 Å². The zero-order valence-corrected chi connectivity index (χ0v) is 15.2. The highest BCUT2D eigenvalue weighted by atomic mass is 16.5. The maximum absolute atomic E-state index is 9.79. The van der Waals surface area contributed by atoms with Gasteiger partial charge in [-0.15, -0.1) is 0 Å². The van der Waals surface area contributed by atoms with Crippen molar-refractivity contribution < 1.29 is 9.84 Å². The predicted molar refractivity (Wildman–Crippen MR) is 102 cm³/mol. The second-order valence-corrected chi connectivity index (χ2v) is 8.00. The molecule has 2 aliphatic heterocycles. The van der Waals surface area contributed by atoms with E-state index in [0.717, 1.165) is 25.7 Å². The van der Waals surface area contributed by atoms with Crippen molar-refractivity contribution in [1.82, 2.24) is 4.90 Å². The summed E-state index contributed by atoms with van der Waals surface area (Å²) >= 11 is 0. The highest BCUT2D eigenvalue weighted by Gasteiger charge is 2.27. The highest BCUT2D eigenvalue weighted by Crippen LogP contribution is 2.32. The number of benzene rings is 1. The zero-order valence-electron chi connectivity index (χ0n) is 15.2. The first kappa shape index (κ1) is 17.3. The summed E-state index contributed by atoms with van der Waals surface area (Å²) in [5, 5.41) is 9.79. The summed E-state index contributed by atoms with van der Waals surface area (Å²) in [5.74, 6) is 0.681. The Balaban J connectivity index is 1.36. The molecule has 136 valence electrons. The monoisotopic (exact) mass is 341 g/mol. The van der Waals surface area contributed by atoms with E-state index in [-0.39, 0.29) is 12.5 Å². The van der Waals surface area contributed by atoms with Gasteiger partial charge >= 0.3 is 0 Å². The van der Waals surface area contributed by atoms with Gasteiger partial charge in [0.05, 0.1) is 13.2 Å². The van der Waals surface area contributed by atoms with Crippen LogP contribution in [0.5, 0.6) is 0 Å². The molecule has 1 aromatic carbocycles. The van der Waals surface area contributed by atoms with Crippen molar-refractivity contribution in [2.24, 2.45) is 5.92 Å². The fourth-order valence-corrected chi connectivity index (χ4v) is 4.54. The molecule has 0 spiro atoms. The Morgan fingerprint density at radius 2 is 1.88 bits per heavy atom. The first-order chi connectivity index (χ1) is 12.3. The van der Waals surface area contributed by atoms with Gasteiger partial charge in [-0.25, -0.2) is 0 Å². The molecule has 4 rings (SSSR count). The maximum Gasteiger partial charge on any atom is 0.0503 e. The second-order valence-electron chi connectivity index (χ2n) is 8.00. The molecule has 3 heteroatoms. The summed E-state index contributed by atoms with van der Waals surface area (Å²) < 4.78 is 5.50. The highest BCUT2D eigenvalue weighted by molar-refractivity contribution is 5.54. The van der Waals surface area contributed by atoms with Gasteiger partial charge in [-0.05, 0) is 49.1 Å². The third-order valence-corrected chi connectivity index (χ3v) is 6.50. The Bertz CT molecular complexity index is 575. The van der Waals surface area contributed by atoms with Gasteiger partial charge in [0.25, 0.3) is 0 Å². The van der Waals surface area contributed by atoms with Crippen molar-refractivity contribution in [3.8, 4) is 0 Å². The van der Waals surface area contributed by atoms with Crippen LogP contribution in [-0.4, -0.2) is 49.0 Å². The first-order valence-corrected chi connectivity index (χ1v) is 10.1. The lowest BCUT2D eigenvalue weighted by molar-refractivity contribution is 0.118. The van der Waals surface area contributed by atoms with E-state index in [1.165, 1.54) is 56.3 Å².